The predicted octanol–water partition coefficient (Wildman–Crippen LogP) is 2.46. The summed E-state index contributed by atoms with van der Waals surface area (Å²) < 4.78 is 25.1. The summed E-state index contributed by atoms with van der Waals surface area (Å²) in [6, 6.07) is 5.03. The van der Waals surface area contributed by atoms with E-state index in [1.807, 2.05) is 6.07 Å². The van der Waals surface area contributed by atoms with Crippen molar-refractivity contribution in [1.29, 1.82) is 0 Å². The summed E-state index contributed by atoms with van der Waals surface area (Å²) in [5, 5.41) is 0. The number of hydrogen-bond acceptors (Lipinski definition) is 5. The van der Waals surface area contributed by atoms with Crippen LogP contribution in [0.1, 0.15) is 4.88 Å². The lowest BCUT2D eigenvalue weighted by atomic mass is 10.4. The number of nitrogens with two attached hydrogens (primary N) is 1. The molecule has 0 aliphatic carbocycles. The molecule has 4 nitrogen and oxygen atoms in total. The van der Waals surface area contributed by atoms with Crippen molar-refractivity contribution in [2.45, 2.75) is 10.6 Å². The fourth-order valence-electron chi connectivity index (χ4n) is 1.37. The van der Waals surface area contributed by atoms with Gasteiger partial charge in [0.05, 0.1) is 26.3 Å². The number of aromatic nitrogens is 1. The Bertz CT molecular complexity index is 637. The third-order valence-electron chi connectivity index (χ3n) is 2.11. The van der Waals surface area contributed by atoms with E-state index in [1.54, 1.807) is 6.07 Å². The first-order valence-electron chi connectivity index (χ1n) is 4.65. The average molecular weight is 333 g/mol. The zero-order chi connectivity index (χ0) is 12.5. The van der Waals surface area contributed by atoms with E-state index in [9.17, 15) is 8.42 Å². The van der Waals surface area contributed by atoms with Gasteiger partial charge in [-0.25, -0.2) is 8.42 Å². The smallest absolute Gasteiger partial charge is 0.185 e. The first-order valence-corrected chi connectivity index (χ1v) is 7.92. The van der Waals surface area contributed by atoms with Crippen LogP contribution in [0.3, 0.4) is 0 Å². The van der Waals surface area contributed by atoms with Crippen molar-refractivity contribution in [3.05, 3.63) is 39.3 Å². The summed E-state index contributed by atoms with van der Waals surface area (Å²) in [6.07, 6.45) is 2.77. The number of hydrogen-bond donors (Lipinski definition) is 1. The van der Waals surface area contributed by atoms with E-state index in [0.717, 1.165) is 8.66 Å². The number of nitrogen functional groups attached to an aromatic ring is 1. The van der Waals surface area contributed by atoms with E-state index >= 15 is 0 Å². The summed E-state index contributed by atoms with van der Waals surface area (Å²) in [5.41, 5.74) is 5.80. The van der Waals surface area contributed by atoms with Crippen molar-refractivity contribution in [3.63, 3.8) is 0 Å². The summed E-state index contributed by atoms with van der Waals surface area (Å²) in [6.45, 7) is 0. The van der Waals surface area contributed by atoms with Gasteiger partial charge in [-0.15, -0.1) is 11.3 Å². The van der Waals surface area contributed by atoms with Crippen LogP contribution in [0, 0.1) is 0 Å². The van der Waals surface area contributed by atoms with E-state index in [2.05, 4.69) is 20.9 Å². The number of anilines is 1. The third-order valence-corrected chi connectivity index (χ3v) is 5.65. The van der Waals surface area contributed by atoms with Gasteiger partial charge in [0.1, 0.15) is 0 Å². The molecule has 0 fully saturated rings. The fraction of sp³-hybridized carbons (Fsp3) is 0.100. The molecule has 2 aromatic heterocycles. The molecule has 17 heavy (non-hydrogen) atoms. The molecule has 0 atom stereocenters. The highest BCUT2D eigenvalue weighted by Gasteiger charge is 2.19. The maximum atomic E-state index is 12.1. The highest BCUT2D eigenvalue weighted by Crippen LogP contribution is 2.27. The number of sulfone groups is 1. The highest BCUT2D eigenvalue weighted by molar-refractivity contribution is 9.11. The van der Waals surface area contributed by atoms with Gasteiger partial charge < -0.3 is 5.73 Å². The molecular formula is C10H9BrN2O2S2. The van der Waals surface area contributed by atoms with Gasteiger partial charge in [-0.2, -0.15) is 0 Å². The normalized spacial score (nSPS) is 11.6. The number of nitrogens with zero attached hydrogens (tertiary/aromatic N) is 1. The fourth-order valence-corrected chi connectivity index (χ4v) is 4.66. The van der Waals surface area contributed by atoms with Gasteiger partial charge in [-0.3, -0.25) is 4.98 Å². The second kappa shape index (κ2) is 4.75. The van der Waals surface area contributed by atoms with Crippen molar-refractivity contribution in [3.8, 4) is 0 Å². The molecular weight excluding hydrogens is 324 g/mol. The Labute approximate surface area is 112 Å². The van der Waals surface area contributed by atoms with Crippen LogP contribution in [0.5, 0.6) is 0 Å². The largest absolute Gasteiger partial charge is 0.396 e. The maximum absolute atomic E-state index is 12.1. The third kappa shape index (κ3) is 2.85. The van der Waals surface area contributed by atoms with Crippen LogP contribution >= 0.6 is 27.3 Å². The van der Waals surface area contributed by atoms with E-state index in [-0.39, 0.29) is 16.3 Å². The molecule has 0 aromatic carbocycles. The quantitative estimate of drug-likeness (QED) is 0.936. The number of halogens is 1. The summed E-state index contributed by atoms with van der Waals surface area (Å²) in [4.78, 5) is 4.68. The van der Waals surface area contributed by atoms with Crippen molar-refractivity contribution in [2.24, 2.45) is 0 Å². The molecule has 90 valence electrons. The van der Waals surface area contributed by atoms with E-state index < -0.39 is 9.84 Å². The molecule has 0 aliphatic heterocycles. The second-order valence-corrected chi connectivity index (χ2v) is 7.88. The molecule has 0 bridgehead atoms. The molecule has 0 aliphatic rings. The molecule has 0 unspecified atom stereocenters. The van der Waals surface area contributed by atoms with Crippen molar-refractivity contribution in [1.82, 2.24) is 4.98 Å². The Balaban J connectivity index is 2.35. The minimum atomic E-state index is -3.41. The SMILES string of the molecule is Nc1cnccc1S(=O)(=O)Cc1ccc(Br)s1. The van der Waals surface area contributed by atoms with Gasteiger partial charge in [0.15, 0.2) is 9.84 Å². The average Bonchev–Trinajstić information content (AvgIpc) is 2.63. The zero-order valence-corrected chi connectivity index (χ0v) is 11.8. The molecule has 2 N–H and O–H groups in total. The lowest BCUT2D eigenvalue weighted by Gasteiger charge is -2.05. The Hall–Kier alpha value is -0.920. The van der Waals surface area contributed by atoms with Gasteiger partial charge in [-0.05, 0) is 34.1 Å². The van der Waals surface area contributed by atoms with E-state index in [1.165, 1.54) is 29.8 Å². The van der Waals surface area contributed by atoms with E-state index in [4.69, 9.17) is 5.73 Å². The number of pyridine rings is 1. The summed E-state index contributed by atoms with van der Waals surface area (Å²) in [5.74, 6) is -0.0442. The molecule has 0 saturated carbocycles. The van der Waals surface area contributed by atoms with Crippen LogP contribution in [0.2, 0.25) is 0 Å². The van der Waals surface area contributed by atoms with Crippen LogP contribution in [0.4, 0.5) is 5.69 Å². The van der Waals surface area contributed by atoms with Crippen LogP contribution in [0.25, 0.3) is 0 Å². The minimum Gasteiger partial charge on any atom is -0.396 e. The van der Waals surface area contributed by atoms with Gasteiger partial charge in [0.2, 0.25) is 0 Å². The molecule has 0 radical (unpaired) electrons. The first-order chi connectivity index (χ1) is 7.99. The molecule has 0 amide bonds. The van der Waals surface area contributed by atoms with Crippen molar-refractivity contribution >= 4 is 42.8 Å². The van der Waals surface area contributed by atoms with Gasteiger partial charge in [0.25, 0.3) is 0 Å². The Morgan fingerprint density at radius 2 is 2.12 bits per heavy atom. The maximum Gasteiger partial charge on any atom is 0.185 e. The topological polar surface area (TPSA) is 73.0 Å². The summed E-state index contributed by atoms with van der Waals surface area (Å²) >= 11 is 4.70. The van der Waals surface area contributed by atoms with Crippen LogP contribution in [0.15, 0.2) is 39.3 Å². The Morgan fingerprint density at radius 1 is 1.35 bits per heavy atom. The lowest BCUT2D eigenvalue weighted by Crippen LogP contribution is -2.07. The van der Waals surface area contributed by atoms with Crippen molar-refractivity contribution < 1.29 is 8.42 Å². The summed E-state index contributed by atoms with van der Waals surface area (Å²) in [7, 11) is -3.41. The molecule has 0 saturated heterocycles. The minimum absolute atomic E-state index is 0.0442. The van der Waals surface area contributed by atoms with E-state index in [0.29, 0.717) is 0 Å². The lowest BCUT2D eigenvalue weighted by molar-refractivity contribution is 0.596. The van der Waals surface area contributed by atoms with Crippen LogP contribution < -0.4 is 5.73 Å². The number of thiophene rings is 1. The molecule has 2 rings (SSSR count). The number of rotatable bonds is 3. The van der Waals surface area contributed by atoms with Crippen molar-refractivity contribution in [2.75, 3.05) is 5.73 Å². The molecule has 2 heterocycles. The monoisotopic (exact) mass is 332 g/mol. The van der Waals surface area contributed by atoms with Crippen LogP contribution in [-0.2, 0) is 15.6 Å². The molecule has 2 aromatic rings. The van der Waals surface area contributed by atoms with Gasteiger partial charge in [0, 0.05) is 11.1 Å². The van der Waals surface area contributed by atoms with Crippen LogP contribution in [-0.4, -0.2) is 13.4 Å². The molecule has 0 spiro atoms. The first kappa shape index (κ1) is 12.5. The van der Waals surface area contributed by atoms with Gasteiger partial charge in [-0.1, -0.05) is 0 Å². The zero-order valence-electron chi connectivity index (χ0n) is 8.63. The standard InChI is InChI=1S/C10H9BrN2O2S2/c11-10-2-1-7(16-10)6-17(14,15)9-3-4-13-5-8(9)12/h1-5H,6,12H2. The Kier molecular flexibility index (Phi) is 3.50. The second-order valence-electron chi connectivity index (χ2n) is 3.38. The Morgan fingerprint density at radius 3 is 2.71 bits per heavy atom. The van der Waals surface area contributed by atoms with Gasteiger partial charge >= 0.3 is 0 Å². The predicted molar refractivity (Wildman–Crippen MR) is 71.6 cm³/mol. The molecule has 7 heteroatoms. The highest BCUT2D eigenvalue weighted by atomic mass is 79.9.